The molecule has 3 nitrogen and oxygen atoms in total. The number of esters is 1. The van der Waals surface area contributed by atoms with Crippen LogP contribution in [0.4, 0.5) is 0 Å². The van der Waals surface area contributed by atoms with Crippen LogP contribution < -0.4 is 0 Å². The van der Waals surface area contributed by atoms with Gasteiger partial charge >= 0.3 is 5.97 Å². The van der Waals surface area contributed by atoms with Crippen LogP contribution in [0.1, 0.15) is 19.8 Å². The smallest absolute Gasteiger partial charge is 0.334 e. The van der Waals surface area contributed by atoms with Gasteiger partial charge in [0, 0.05) is 23.3 Å². The molecule has 3 rings (SSSR count). The van der Waals surface area contributed by atoms with E-state index in [9.17, 15) is 9.90 Å². The summed E-state index contributed by atoms with van der Waals surface area (Å²) in [6.45, 7) is 9.74. The predicted octanol–water partition coefficient (Wildman–Crippen LogP) is 1.99. The van der Waals surface area contributed by atoms with Gasteiger partial charge in [0.25, 0.3) is 0 Å². The summed E-state index contributed by atoms with van der Waals surface area (Å²) < 4.78 is 5.48. The minimum atomic E-state index is -0.939. The fourth-order valence-corrected chi connectivity index (χ4v) is 3.62. The number of hydrogen-bond donors (Lipinski definition) is 1. The highest BCUT2D eigenvalue weighted by atomic mass is 16.6. The zero-order chi connectivity index (χ0) is 13.1. The quantitative estimate of drug-likeness (QED) is 0.404. The molecular formula is C15H18O3. The van der Waals surface area contributed by atoms with E-state index in [4.69, 9.17) is 4.74 Å². The first kappa shape index (κ1) is 11.7. The molecular weight excluding hydrogens is 228 g/mol. The lowest BCUT2D eigenvalue weighted by atomic mass is 9.76. The molecule has 0 aromatic rings. The largest absolute Gasteiger partial charge is 0.458 e. The van der Waals surface area contributed by atoms with Crippen LogP contribution in [0, 0.1) is 17.8 Å². The van der Waals surface area contributed by atoms with Crippen molar-refractivity contribution in [1.82, 2.24) is 0 Å². The van der Waals surface area contributed by atoms with Crippen LogP contribution in [-0.2, 0) is 9.53 Å². The molecule has 3 aliphatic rings. The molecule has 0 aromatic heterocycles. The first-order valence-corrected chi connectivity index (χ1v) is 6.41. The second-order valence-electron chi connectivity index (χ2n) is 5.84. The van der Waals surface area contributed by atoms with Crippen molar-refractivity contribution in [2.24, 2.45) is 17.8 Å². The molecule has 1 N–H and O–H groups in total. The van der Waals surface area contributed by atoms with Crippen molar-refractivity contribution in [1.29, 1.82) is 0 Å². The fraction of sp³-hybridized carbons (Fsp3) is 0.533. The van der Waals surface area contributed by atoms with E-state index in [1.54, 1.807) is 6.92 Å². The molecule has 0 aromatic carbocycles. The van der Waals surface area contributed by atoms with Crippen LogP contribution in [0.3, 0.4) is 0 Å². The Labute approximate surface area is 107 Å². The van der Waals surface area contributed by atoms with Gasteiger partial charge in [0.05, 0.1) is 5.60 Å². The van der Waals surface area contributed by atoms with Gasteiger partial charge in [-0.25, -0.2) is 4.79 Å². The molecule has 1 saturated carbocycles. The third kappa shape index (κ3) is 1.43. The number of carbonyl (C=O) groups excluding carboxylic acids is 1. The molecule has 0 unspecified atom stereocenters. The average molecular weight is 246 g/mol. The van der Waals surface area contributed by atoms with Crippen molar-refractivity contribution in [3.63, 3.8) is 0 Å². The van der Waals surface area contributed by atoms with Crippen molar-refractivity contribution >= 4 is 5.97 Å². The van der Waals surface area contributed by atoms with E-state index in [0.717, 1.165) is 18.4 Å². The maximum Gasteiger partial charge on any atom is 0.334 e. The number of fused-ring (bicyclic) bond motifs is 3. The van der Waals surface area contributed by atoms with Crippen LogP contribution in [0.5, 0.6) is 0 Å². The molecule has 1 aliphatic heterocycles. The minimum Gasteiger partial charge on any atom is -0.458 e. The Kier molecular flexibility index (Phi) is 2.33. The highest BCUT2D eigenvalue weighted by molar-refractivity contribution is 5.91. The maximum atomic E-state index is 11.7. The lowest BCUT2D eigenvalue weighted by Crippen LogP contribution is -2.42. The number of aliphatic hydroxyl groups is 1. The van der Waals surface area contributed by atoms with Gasteiger partial charge in [0.15, 0.2) is 0 Å². The van der Waals surface area contributed by atoms with Gasteiger partial charge in [-0.15, -0.1) is 0 Å². The Bertz CT molecular complexity index is 472. The molecule has 0 bridgehead atoms. The van der Waals surface area contributed by atoms with Crippen LogP contribution in [0.15, 0.2) is 36.5 Å². The van der Waals surface area contributed by atoms with Gasteiger partial charge in [0.2, 0.25) is 0 Å². The monoisotopic (exact) mass is 246 g/mol. The Balaban J connectivity index is 2.04. The summed E-state index contributed by atoms with van der Waals surface area (Å²) in [4.78, 5) is 11.7. The third-order valence-corrected chi connectivity index (χ3v) is 4.65. The molecule has 0 radical (unpaired) electrons. The van der Waals surface area contributed by atoms with Crippen molar-refractivity contribution in [2.75, 3.05) is 0 Å². The van der Waals surface area contributed by atoms with Gasteiger partial charge in [-0.05, 0) is 19.8 Å². The zero-order valence-electron chi connectivity index (χ0n) is 10.6. The topological polar surface area (TPSA) is 46.5 Å². The van der Waals surface area contributed by atoms with Crippen molar-refractivity contribution < 1.29 is 14.6 Å². The molecule has 2 aliphatic carbocycles. The SMILES string of the molecule is C=C1CC[C@H]2C(=C)C(=O)O[C@@H]2[C@@H]2[C@@H]1C=C[C@]2(C)O. The van der Waals surface area contributed by atoms with E-state index in [1.165, 1.54) is 0 Å². The normalized spacial score (nSPS) is 46.7. The van der Waals surface area contributed by atoms with Crippen molar-refractivity contribution in [3.05, 3.63) is 36.5 Å². The van der Waals surface area contributed by atoms with Crippen LogP contribution in [-0.4, -0.2) is 22.8 Å². The van der Waals surface area contributed by atoms with E-state index in [0.29, 0.717) is 5.57 Å². The summed E-state index contributed by atoms with van der Waals surface area (Å²) in [5.41, 5.74) is 0.731. The predicted molar refractivity (Wildman–Crippen MR) is 67.6 cm³/mol. The summed E-state index contributed by atoms with van der Waals surface area (Å²) in [7, 11) is 0. The maximum absolute atomic E-state index is 11.7. The van der Waals surface area contributed by atoms with Crippen LogP contribution >= 0.6 is 0 Å². The second kappa shape index (κ2) is 3.58. The van der Waals surface area contributed by atoms with Crippen molar-refractivity contribution in [3.8, 4) is 0 Å². The molecule has 5 atom stereocenters. The number of rotatable bonds is 0. The van der Waals surface area contributed by atoms with E-state index < -0.39 is 5.60 Å². The number of allylic oxidation sites excluding steroid dienone is 2. The molecule has 1 heterocycles. The third-order valence-electron chi connectivity index (χ3n) is 4.65. The standard InChI is InChI=1S/C15H18O3/c1-8-4-5-11-9(2)14(16)18-13(11)12-10(8)6-7-15(12,3)17/h6-7,10-13,17H,1-2,4-5H2,3H3/t10-,11+,12+,13+,15+/m1/s1. The Morgan fingerprint density at radius 1 is 1.50 bits per heavy atom. The number of ether oxygens (including phenoxy) is 1. The number of hydrogen-bond acceptors (Lipinski definition) is 3. The average Bonchev–Trinajstić information content (AvgIpc) is 2.69. The summed E-state index contributed by atoms with van der Waals surface area (Å²) in [6.07, 6.45) is 5.25. The zero-order valence-corrected chi connectivity index (χ0v) is 10.6. The summed E-state index contributed by atoms with van der Waals surface area (Å²) in [5, 5.41) is 10.5. The minimum absolute atomic E-state index is 0.0237. The van der Waals surface area contributed by atoms with Gasteiger partial charge < -0.3 is 9.84 Å². The summed E-state index contributed by atoms with van der Waals surface area (Å²) in [6, 6.07) is 0. The first-order valence-electron chi connectivity index (χ1n) is 6.41. The molecule has 0 spiro atoms. The van der Waals surface area contributed by atoms with E-state index in [1.807, 2.05) is 12.2 Å². The van der Waals surface area contributed by atoms with Crippen molar-refractivity contribution in [2.45, 2.75) is 31.5 Å². The Morgan fingerprint density at radius 2 is 2.22 bits per heavy atom. The highest BCUT2D eigenvalue weighted by Crippen LogP contribution is 2.50. The molecule has 2 fully saturated rings. The lowest BCUT2D eigenvalue weighted by molar-refractivity contribution is -0.145. The first-order chi connectivity index (χ1) is 8.42. The van der Waals surface area contributed by atoms with E-state index >= 15 is 0 Å². The van der Waals surface area contributed by atoms with Gasteiger partial charge in [-0.3, -0.25) is 0 Å². The second-order valence-corrected chi connectivity index (χ2v) is 5.84. The lowest BCUT2D eigenvalue weighted by Gasteiger charge is -2.34. The molecule has 3 heteroatoms. The molecule has 18 heavy (non-hydrogen) atoms. The van der Waals surface area contributed by atoms with Crippen LogP contribution in [0.2, 0.25) is 0 Å². The van der Waals surface area contributed by atoms with Gasteiger partial charge in [0.1, 0.15) is 6.10 Å². The summed E-state index contributed by atoms with van der Waals surface area (Å²) >= 11 is 0. The number of carbonyl (C=O) groups is 1. The molecule has 0 amide bonds. The highest BCUT2D eigenvalue weighted by Gasteiger charge is 2.54. The van der Waals surface area contributed by atoms with Crippen LogP contribution in [0.25, 0.3) is 0 Å². The summed E-state index contributed by atoms with van der Waals surface area (Å²) in [5.74, 6) is -0.302. The fourth-order valence-electron chi connectivity index (χ4n) is 3.62. The molecule has 96 valence electrons. The Hall–Kier alpha value is -1.35. The molecule has 1 saturated heterocycles. The Morgan fingerprint density at radius 3 is 2.94 bits per heavy atom. The van der Waals surface area contributed by atoms with Gasteiger partial charge in [-0.1, -0.05) is 30.9 Å². The van der Waals surface area contributed by atoms with E-state index in [-0.39, 0.29) is 29.8 Å². The van der Waals surface area contributed by atoms with Gasteiger partial charge in [-0.2, -0.15) is 0 Å². The van der Waals surface area contributed by atoms with E-state index in [2.05, 4.69) is 13.2 Å².